The van der Waals surface area contributed by atoms with Gasteiger partial charge >= 0.3 is 63.4 Å². The zero-order valence-corrected chi connectivity index (χ0v) is 8.11. The molecule has 0 saturated heterocycles. The van der Waals surface area contributed by atoms with Gasteiger partial charge in [-0.15, -0.1) is 0 Å². The van der Waals surface area contributed by atoms with E-state index >= 15 is 0 Å². The first kappa shape index (κ1) is 7.37. The summed E-state index contributed by atoms with van der Waals surface area (Å²) in [5, 5.41) is 1.40. The number of rotatable bonds is 0. The topological polar surface area (TPSA) is 0 Å². The third-order valence-electron chi connectivity index (χ3n) is 1.91. The average molecular weight is 189 g/mol. The predicted molar refractivity (Wildman–Crippen MR) is 43.0 cm³/mol. The average Bonchev–Trinajstić information content (AvgIpc) is 1.80. The molecular formula is C8H14Se. The van der Waals surface area contributed by atoms with Gasteiger partial charge in [0.25, 0.3) is 0 Å². The molecule has 1 aliphatic rings. The molecule has 0 aliphatic carbocycles. The molecule has 0 aromatic carbocycles. The maximum absolute atomic E-state index is 2.37. The molecule has 0 radical (unpaired) electrons. The summed E-state index contributed by atoms with van der Waals surface area (Å²) in [4.78, 5) is 1.00. The van der Waals surface area contributed by atoms with Crippen LogP contribution in [0.3, 0.4) is 0 Å². The van der Waals surface area contributed by atoms with E-state index in [2.05, 4.69) is 20.8 Å². The van der Waals surface area contributed by atoms with Gasteiger partial charge in [0.1, 0.15) is 0 Å². The van der Waals surface area contributed by atoms with E-state index in [-0.39, 0.29) is 0 Å². The van der Waals surface area contributed by atoms with Crippen LogP contribution in [0.5, 0.6) is 0 Å². The summed E-state index contributed by atoms with van der Waals surface area (Å²) in [5.41, 5.74) is 3.31. The first-order chi connectivity index (χ1) is 4.20. The second kappa shape index (κ2) is 2.90. The van der Waals surface area contributed by atoms with E-state index in [1.165, 1.54) is 11.7 Å². The van der Waals surface area contributed by atoms with Gasteiger partial charge in [0.05, 0.1) is 0 Å². The molecule has 1 atom stereocenters. The van der Waals surface area contributed by atoms with Crippen molar-refractivity contribution in [2.75, 3.05) is 0 Å². The van der Waals surface area contributed by atoms with E-state index in [1.807, 2.05) is 0 Å². The van der Waals surface area contributed by atoms with Crippen molar-refractivity contribution >= 4 is 15.0 Å². The van der Waals surface area contributed by atoms with Gasteiger partial charge in [-0.05, 0) is 0 Å². The predicted octanol–water partition coefficient (Wildman–Crippen LogP) is 2.66. The third kappa shape index (κ3) is 1.84. The Balaban J connectivity index is 2.61. The molecule has 0 bridgehead atoms. The van der Waals surface area contributed by atoms with Crippen molar-refractivity contribution in [1.29, 1.82) is 0 Å². The van der Waals surface area contributed by atoms with Gasteiger partial charge in [-0.2, -0.15) is 0 Å². The molecule has 1 rings (SSSR count). The molecule has 1 aliphatic heterocycles. The van der Waals surface area contributed by atoms with Crippen LogP contribution in [0.1, 0.15) is 27.2 Å². The monoisotopic (exact) mass is 190 g/mol. The van der Waals surface area contributed by atoms with E-state index in [4.69, 9.17) is 0 Å². The van der Waals surface area contributed by atoms with Crippen LogP contribution in [0, 0.1) is 0 Å². The fourth-order valence-electron chi connectivity index (χ4n) is 1.05. The Morgan fingerprint density at radius 3 is 2.44 bits per heavy atom. The fraction of sp³-hybridized carbons (Fsp3) is 0.750. The summed E-state index contributed by atoms with van der Waals surface area (Å²) < 4.78 is 0. The second-order valence-corrected chi connectivity index (χ2v) is 5.88. The van der Waals surface area contributed by atoms with E-state index in [0.29, 0.717) is 0 Å². The van der Waals surface area contributed by atoms with E-state index in [1.54, 1.807) is 11.1 Å². The van der Waals surface area contributed by atoms with Crippen LogP contribution >= 0.6 is 0 Å². The Labute approximate surface area is 63.9 Å². The van der Waals surface area contributed by atoms with Crippen LogP contribution in [0.15, 0.2) is 11.1 Å². The third-order valence-corrected chi connectivity index (χ3v) is 4.71. The molecule has 0 amide bonds. The van der Waals surface area contributed by atoms with Crippen molar-refractivity contribution in [2.24, 2.45) is 0 Å². The quantitative estimate of drug-likeness (QED) is 0.406. The van der Waals surface area contributed by atoms with Crippen LogP contribution in [0.2, 0.25) is 10.1 Å². The Morgan fingerprint density at radius 2 is 2.00 bits per heavy atom. The van der Waals surface area contributed by atoms with Crippen molar-refractivity contribution < 1.29 is 0 Å². The summed E-state index contributed by atoms with van der Waals surface area (Å²) in [5.74, 6) is 0. The first-order valence-corrected chi connectivity index (χ1v) is 5.67. The van der Waals surface area contributed by atoms with Crippen molar-refractivity contribution in [3.05, 3.63) is 11.1 Å². The van der Waals surface area contributed by atoms with Crippen LogP contribution in [0.4, 0.5) is 0 Å². The minimum absolute atomic E-state index is 0.906. The van der Waals surface area contributed by atoms with Gasteiger partial charge in [-0.3, -0.25) is 0 Å². The van der Waals surface area contributed by atoms with Crippen molar-refractivity contribution in [3.63, 3.8) is 0 Å². The summed E-state index contributed by atoms with van der Waals surface area (Å²) in [6, 6.07) is 0. The van der Waals surface area contributed by atoms with Crippen LogP contribution in [-0.4, -0.2) is 15.0 Å². The van der Waals surface area contributed by atoms with Crippen molar-refractivity contribution in [1.82, 2.24) is 0 Å². The van der Waals surface area contributed by atoms with E-state index in [9.17, 15) is 0 Å². The molecule has 1 heteroatoms. The first-order valence-electron chi connectivity index (χ1n) is 3.47. The molecule has 0 spiro atoms. The number of hydrogen-bond acceptors (Lipinski definition) is 0. The summed E-state index contributed by atoms with van der Waals surface area (Å²) >= 11 is 0.906. The zero-order valence-electron chi connectivity index (χ0n) is 6.40. The van der Waals surface area contributed by atoms with Gasteiger partial charge in [-0.1, -0.05) is 0 Å². The van der Waals surface area contributed by atoms with Gasteiger partial charge in [0, 0.05) is 0 Å². The Kier molecular flexibility index (Phi) is 2.37. The van der Waals surface area contributed by atoms with Crippen molar-refractivity contribution in [3.8, 4) is 0 Å². The molecule has 0 saturated carbocycles. The maximum atomic E-state index is 2.37. The Hall–Kier alpha value is 0.259. The van der Waals surface area contributed by atoms with Gasteiger partial charge < -0.3 is 0 Å². The Morgan fingerprint density at radius 1 is 1.33 bits per heavy atom. The second-order valence-electron chi connectivity index (χ2n) is 2.89. The molecular weight excluding hydrogens is 175 g/mol. The molecule has 9 heavy (non-hydrogen) atoms. The Bertz CT molecular complexity index is 136. The fourth-order valence-corrected chi connectivity index (χ4v) is 3.47. The molecule has 0 N–H and O–H groups in total. The van der Waals surface area contributed by atoms with Crippen LogP contribution in [-0.2, 0) is 0 Å². The minimum atomic E-state index is 0.906. The van der Waals surface area contributed by atoms with Gasteiger partial charge in [-0.25, -0.2) is 0 Å². The summed E-state index contributed by atoms with van der Waals surface area (Å²) in [6.45, 7) is 6.93. The molecule has 1 heterocycles. The van der Waals surface area contributed by atoms with E-state index in [0.717, 1.165) is 19.8 Å². The molecule has 1 unspecified atom stereocenters. The van der Waals surface area contributed by atoms with Crippen LogP contribution in [0.25, 0.3) is 0 Å². The number of hydrogen-bond donors (Lipinski definition) is 0. The number of allylic oxidation sites excluding steroid dienone is 2. The van der Waals surface area contributed by atoms with E-state index < -0.39 is 0 Å². The zero-order chi connectivity index (χ0) is 6.85. The van der Waals surface area contributed by atoms with Crippen molar-refractivity contribution in [2.45, 2.75) is 37.3 Å². The standard InChI is InChI=1S/C8H14Se/c1-6-4-8(3)9-5-7(6)2/h8H,4-5H2,1-3H3. The molecule has 0 fully saturated rings. The SMILES string of the molecule is CC1=C(C)CC(C)[Se]C1. The summed E-state index contributed by atoms with van der Waals surface area (Å²) in [6.07, 6.45) is 1.37. The van der Waals surface area contributed by atoms with Crippen LogP contribution < -0.4 is 0 Å². The normalized spacial score (nSPS) is 29.0. The molecule has 52 valence electrons. The van der Waals surface area contributed by atoms with Gasteiger partial charge in [0.2, 0.25) is 0 Å². The summed E-state index contributed by atoms with van der Waals surface area (Å²) in [7, 11) is 0. The molecule has 0 aromatic heterocycles. The van der Waals surface area contributed by atoms with Gasteiger partial charge in [0.15, 0.2) is 0 Å². The molecule has 0 aromatic rings. The molecule has 0 nitrogen and oxygen atoms in total.